The summed E-state index contributed by atoms with van der Waals surface area (Å²) in [5.41, 5.74) is 3.45. The SMILES string of the molecule is CC(=O)Nc1cnc(N2CCN(C(C)c3cnc4ccccc4n3)CC2)nc1. The van der Waals surface area contributed by atoms with E-state index in [0.717, 1.165) is 42.9 Å². The largest absolute Gasteiger partial charge is 0.338 e. The zero-order chi connectivity index (χ0) is 19.5. The molecule has 0 spiro atoms. The minimum absolute atomic E-state index is 0.129. The van der Waals surface area contributed by atoms with Crippen molar-refractivity contribution in [3.05, 3.63) is 48.5 Å². The Morgan fingerprint density at radius 2 is 1.68 bits per heavy atom. The van der Waals surface area contributed by atoms with E-state index in [1.165, 1.54) is 6.92 Å². The number of nitrogens with zero attached hydrogens (tertiary/aromatic N) is 6. The van der Waals surface area contributed by atoms with Crippen LogP contribution in [0.1, 0.15) is 25.6 Å². The standard InChI is InChI=1S/C20H23N7O/c1-14(19-13-21-17-5-3-4-6-18(17)25-19)26-7-9-27(10-8-26)20-22-11-16(12-23-20)24-15(2)28/h3-6,11-14H,7-10H2,1-2H3,(H,24,28). The van der Waals surface area contributed by atoms with Gasteiger partial charge in [0.2, 0.25) is 11.9 Å². The number of rotatable bonds is 4. The maximum Gasteiger partial charge on any atom is 0.225 e. The molecule has 2 aromatic heterocycles. The molecule has 3 heterocycles. The number of anilines is 2. The molecule has 0 radical (unpaired) electrons. The molecule has 1 amide bonds. The number of carbonyl (C=O) groups is 1. The topological polar surface area (TPSA) is 87.1 Å². The zero-order valence-electron chi connectivity index (χ0n) is 16.0. The van der Waals surface area contributed by atoms with Crippen molar-refractivity contribution in [1.82, 2.24) is 24.8 Å². The molecular weight excluding hydrogens is 354 g/mol. The van der Waals surface area contributed by atoms with E-state index < -0.39 is 0 Å². The smallest absolute Gasteiger partial charge is 0.225 e. The van der Waals surface area contributed by atoms with Gasteiger partial charge in [-0.1, -0.05) is 12.1 Å². The number of carbonyl (C=O) groups excluding carboxylic acids is 1. The summed E-state index contributed by atoms with van der Waals surface area (Å²) in [6, 6.07) is 8.14. The van der Waals surface area contributed by atoms with Crippen molar-refractivity contribution in [2.45, 2.75) is 19.9 Å². The Labute approximate surface area is 163 Å². The highest BCUT2D eigenvalue weighted by Gasteiger charge is 2.24. The van der Waals surface area contributed by atoms with Crippen molar-refractivity contribution < 1.29 is 4.79 Å². The lowest BCUT2D eigenvalue weighted by molar-refractivity contribution is -0.114. The first-order chi connectivity index (χ1) is 13.6. The molecule has 1 N–H and O–H groups in total. The first kappa shape index (κ1) is 18.2. The van der Waals surface area contributed by atoms with Crippen LogP contribution in [0.5, 0.6) is 0 Å². The van der Waals surface area contributed by atoms with Crippen molar-refractivity contribution in [2.75, 3.05) is 36.4 Å². The number of fused-ring (bicyclic) bond motifs is 1. The molecule has 8 nitrogen and oxygen atoms in total. The average Bonchev–Trinajstić information content (AvgIpc) is 2.73. The number of benzene rings is 1. The molecule has 1 aliphatic heterocycles. The van der Waals surface area contributed by atoms with Crippen molar-refractivity contribution in [3.8, 4) is 0 Å². The predicted octanol–water partition coefficient (Wildman–Crippen LogP) is 2.26. The van der Waals surface area contributed by atoms with Gasteiger partial charge in [0.15, 0.2) is 0 Å². The Kier molecular flexibility index (Phi) is 5.12. The third kappa shape index (κ3) is 3.91. The van der Waals surface area contributed by atoms with Gasteiger partial charge in [-0.15, -0.1) is 0 Å². The van der Waals surface area contributed by atoms with Crippen molar-refractivity contribution in [3.63, 3.8) is 0 Å². The van der Waals surface area contributed by atoms with Crippen molar-refractivity contribution in [2.24, 2.45) is 0 Å². The second-order valence-electron chi connectivity index (χ2n) is 6.94. The molecule has 144 valence electrons. The first-order valence-electron chi connectivity index (χ1n) is 9.40. The second kappa shape index (κ2) is 7.85. The summed E-state index contributed by atoms with van der Waals surface area (Å²) in [4.78, 5) is 33.7. The third-order valence-corrected chi connectivity index (χ3v) is 5.00. The van der Waals surface area contributed by atoms with Crippen LogP contribution in [0.4, 0.5) is 11.6 Å². The Bertz CT molecular complexity index is 968. The van der Waals surface area contributed by atoms with Gasteiger partial charge < -0.3 is 10.2 Å². The summed E-state index contributed by atoms with van der Waals surface area (Å²) in [5.74, 6) is 0.558. The van der Waals surface area contributed by atoms with E-state index in [9.17, 15) is 4.79 Å². The number of aromatic nitrogens is 4. The Hall–Kier alpha value is -3.13. The van der Waals surface area contributed by atoms with E-state index >= 15 is 0 Å². The highest BCUT2D eigenvalue weighted by Crippen LogP contribution is 2.22. The van der Waals surface area contributed by atoms with Gasteiger partial charge in [-0.2, -0.15) is 0 Å². The molecule has 1 fully saturated rings. The molecule has 3 aromatic rings. The number of hydrogen-bond donors (Lipinski definition) is 1. The van der Waals surface area contributed by atoms with Gasteiger partial charge in [-0.3, -0.25) is 14.7 Å². The Morgan fingerprint density at radius 1 is 1.00 bits per heavy atom. The highest BCUT2D eigenvalue weighted by atomic mass is 16.1. The normalized spacial score (nSPS) is 16.1. The van der Waals surface area contributed by atoms with Gasteiger partial charge in [0.05, 0.1) is 47.0 Å². The molecule has 1 saturated heterocycles. The lowest BCUT2D eigenvalue weighted by Gasteiger charge is -2.37. The fraction of sp³-hybridized carbons (Fsp3) is 0.350. The third-order valence-electron chi connectivity index (χ3n) is 5.00. The summed E-state index contributed by atoms with van der Waals surface area (Å²) in [7, 11) is 0. The predicted molar refractivity (Wildman–Crippen MR) is 108 cm³/mol. The lowest BCUT2D eigenvalue weighted by Crippen LogP contribution is -2.47. The molecule has 8 heteroatoms. The fourth-order valence-electron chi connectivity index (χ4n) is 3.42. The van der Waals surface area contributed by atoms with Crippen LogP contribution >= 0.6 is 0 Å². The summed E-state index contributed by atoms with van der Waals surface area (Å²) in [5, 5.41) is 2.68. The van der Waals surface area contributed by atoms with E-state index in [1.807, 2.05) is 30.5 Å². The summed E-state index contributed by atoms with van der Waals surface area (Å²) < 4.78 is 0. The van der Waals surface area contributed by atoms with Crippen molar-refractivity contribution >= 4 is 28.6 Å². The number of nitrogens with one attached hydrogen (secondary N) is 1. The summed E-state index contributed by atoms with van der Waals surface area (Å²) in [6.07, 6.45) is 5.16. The second-order valence-corrected chi connectivity index (χ2v) is 6.94. The van der Waals surface area contributed by atoms with Crippen LogP contribution in [0.3, 0.4) is 0 Å². The van der Waals surface area contributed by atoms with Crippen LogP contribution in [-0.2, 0) is 4.79 Å². The molecule has 4 rings (SSSR count). The van der Waals surface area contributed by atoms with Gasteiger partial charge in [0, 0.05) is 33.1 Å². The van der Waals surface area contributed by atoms with Gasteiger partial charge in [-0.25, -0.2) is 15.0 Å². The van der Waals surface area contributed by atoms with E-state index in [2.05, 4.69) is 37.0 Å². The van der Waals surface area contributed by atoms with Crippen LogP contribution in [0.25, 0.3) is 11.0 Å². The quantitative estimate of drug-likeness (QED) is 0.746. The highest BCUT2D eigenvalue weighted by molar-refractivity contribution is 5.88. The Balaban J connectivity index is 1.39. The minimum Gasteiger partial charge on any atom is -0.338 e. The molecule has 0 saturated carbocycles. The molecular formula is C20H23N7O. The zero-order valence-corrected chi connectivity index (χ0v) is 16.0. The minimum atomic E-state index is -0.129. The molecule has 1 aromatic carbocycles. The molecule has 0 bridgehead atoms. The number of para-hydroxylation sites is 2. The van der Waals surface area contributed by atoms with E-state index in [0.29, 0.717) is 11.6 Å². The van der Waals surface area contributed by atoms with Gasteiger partial charge in [0.25, 0.3) is 0 Å². The first-order valence-corrected chi connectivity index (χ1v) is 9.40. The molecule has 0 aliphatic carbocycles. The van der Waals surface area contributed by atoms with Crippen LogP contribution in [0.2, 0.25) is 0 Å². The monoisotopic (exact) mass is 377 g/mol. The fourth-order valence-corrected chi connectivity index (χ4v) is 3.42. The van der Waals surface area contributed by atoms with Gasteiger partial charge in [0.1, 0.15) is 0 Å². The lowest BCUT2D eigenvalue weighted by atomic mass is 10.1. The maximum atomic E-state index is 11.1. The van der Waals surface area contributed by atoms with E-state index in [4.69, 9.17) is 4.98 Å². The van der Waals surface area contributed by atoms with Crippen molar-refractivity contribution in [1.29, 1.82) is 0 Å². The van der Waals surface area contributed by atoms with Gasteiger partial charge in [-0.05, 0) is 19.1 Å². The van der Waals surface area contributed by atoms with Crippen LogP contribution in [0, 0.1) is 0 Å². The maximum absolute atomic E-state index is 11.1. The van der Waals surface area contributed by atoms with Crippen LogP contribution in [0.15, 0.2) is 42.9 Å². The molecule has 1 atom stereocenters. The molecule has 1 aliphatic rings. The Morgan fingerprint density at radius 3 is 2.36 bits per heavy atom. The number of amides is 1. The van der Waals surface area contributed by atoms with E-state index in [-0.39, 0.29) is 11.9 Å². The molecule has 1 unspecified atom stereocenters. The summed E-state index contributed by atoms with van der Waals surface area (Å²) in [6.45, 7) is 7.11. The number of piperazine rings is 1. The summed E-state index contributed by atoms with van der Waals surface area (Å²) >= 11 is 0. The van der Waals surface area contributed by atoms with Gasteiger partial charge >= 0.3 is 0 Å². The van der Waals surface area contributed by atoms with E-state index in [1.54, 1.807) is 12.4 Å². The average molecular weight is 377 g/mol. The molecule has 28 heavy (non-hydrogen) atoms. The van der Waals surface area contributed by atoms with Crippen LogP contribution in [-0.4, -0.2) is 56.9 Å². The van der Waals surface area contributed by atoms with Crippen LogP contribution < -0.4 is 10.2 Å². The number of hydrogen-bond acceptors (Lipinski definition) is 7.